The summed E-state index contributed by atoms with van der Waals surface area (Å²) in [4.78, 5) is 15.2. The average molecular weight is 401 g/mol. The maximum atomic E-state index is 13.6. The van der Waals surface area contributed by atoms with E-state index in [0.29, 0.717) is 23.1 Å². The van der Waals surface area contributed by atoms with E-state index in [0.717, 1.165) is 37.3 Å². The van der Waals surface area contributed by atoms with E-state index in [-0.39, 0.29) is 11.7 Å². The van der Waals surface area contributed by atoms with Crippen LogP contribution in [0.25, 0.3) is 0 Å². The Kier molecular flexibility index (Phi) is 5.96. The maximum Gasteiger partial charge on any atom is 0.322 e. The summed E-state index contributed by atoms with van der Waals surface area (Å²) in [6.07, 6.45) is 0. The smallest absolute Gasteiger partial charge is 0.322 e. The molecule has 0 unspecified atom stereocenters. The number of nitrogens with zero attached hydrogens (tertiary/aromatic N) is 1. The van der Waals surface area contributed by atoms with Gasteiger partial charge in [-0.25, -0.2) is 13.6 Å². The number of benzene rings is 2. The number of piperazine rings is 1. The second kappa shape index (κ2) is 8.20. The van der Waals surface area contributed by atoms with Crippen molar-refractivity contribution in [3.8, 4) is 0 Å². The van der Waals surface area contributed by atoms with Crippen LogP contribution in [0.1, 0.15) is 5.56 Å². The number of quaternary nitrogens is 1. The van der Waals surface area contributed by atoms with Crippen molar-refractivity contribution < 1.29 is 18.5 Å². The van der Waals surface area contributed by atoms with Gasteiger partial charge in [0.15, 0.2) is 0 Å². The van der Waals surface area contributed by atoms with Crippen molar-refractivity contribution in [1.82, 2.24) is 4.90 Å². The molecule has 26 heavy (non-hydrogen) atoms. The molecule has 8 heteroatoms. The number of hydrogen-bond acceptors (Lipinski definition) is 1. The third kappa shape index (κ3) is 4.63. The molecular weight excluding hydrogens is 383 g/mol. The van der Waals surface area contributed by atoms with E-state index in [4.69, 9.17) is 23.2 Å². The van der Waals surface area contributed by atoms with Crippen molar-refractivity contribution in [1.29, 1.82) is 0 Å². The quantitative estimate of drug-likeness (QED) is 0.815. The monoisotopic (exact) mass is 400 g/mol. The fourth-order valence-electron chi connectivity index (χ4n) is 2.93. The van der Waals surface area contributed by atoms with Crippen molar-refractivity contribution >= 4 is 34.9 Å². The average Bonchev–Trinajstić information content (AvgIpc) is 2.61. The van der Waals surface area contributed by atoms with Gasteiger partial charge in [0.25, 0.3) is 0 Å². The van der Waals surface area contributed by atoms with Crippen molar-refractivity contribution in [3.63, 3.8) is 0 Å². The predicted molar refractivity (Wildman–Crippen MR) is 97.8 cm³/mol. The lowest BCUT2D eigenvalue weighted by Gasteiger charge is -2.32. The number of nitrogens with one attached hydrogen (secondary N) is 2. The molecule has 2 aromatic carbocycles. The number of amides is 2. The van der Waals surface area contributed by atoms with E-state index in [1.54, 1.807) is 11.0 Å². The second-order valence-electron chi connectivity index (χ2n) is 6.22. The third-order valence-electron chi connectivity index (χ3n) is 4.37. The van der Waals surface area contributed by atoms with Crippen LogP contribution >= 0.6 is 23.2 Å². The van der Waals surface area contributed by atoms with Gasteiger partial charge in [0.2, 0.25) is 0 Å². The zero-order valence-electron chi connectivity index (χ0n) is 13.9. The summed E-state index contributed by atoms with van der Waals surface area (Å²) in [6, 6.07) is 8.26. The minimum absolute atomic E-state index is 0.0259. The second-order valence-corrected chi connectivity index (χ2v) is 7.03. The molecule has 0 radical (unpaired) electrons. The highest BCUT2D eigenvalue weighted by atomic mass is 35.5. The lowest BCUT2D eigenvalue weighted by atomic mass is 10.2. The molecule has 1 aliphatic heterocycles. The highest BCUT2D eigenvalue weighted by molar-refractivity contribution is 6.42. The fourth-order valence-corrected chi connectivity index (χ4v) is 3.25. The van der Waals surface area contributed by atoms with Crippen LogP contribution in [0.4, 0.5) is 19.3 Å². The van der Waals surface area contributed by atoms with Crippen molar-refractivity contribution in [3.05, 3.63) is 63.6 Å². The van der Waals surface area contributed by atoms with Crippen molar-refractivity contribution in [2.45, 2.75) is 6.54 Å². The Morgan fingerprint density at radius 2 is 1.81 bits per heavy atom. The zero-order chi connectivity index (χ0) is 18.7. The van der Waals surface area contributed by atoms with E-state index >= 15 is 0 Å². The molecule has 0 atom stereocenters. The lowest BCUT2D eigenvalue weighted by Crippen LogP contribution is -3.13. The van der Waals surface area contributed by atoms with Crippen LogP contribution in [0, 0.1) is 11.6 Å². The highest BCUT2D eigenvalue weighted by Crippen LogP contribution is 2.22. The minimum atomic E-state index is -0.790. The fraction of sp³-hybridized carbons (Fsp3) is 0.278. The first-order valence-electron chi connectivity index (χ1n) is 8.21. The summed E-state index contributed by atoms with van der Waals surface area (Å²) >= 11 is 12.0. The Hall–Kier alpha value is -1.89. The molecule has 1 fully saturated rings. The van der Waals surface area contributed by atoms with Crippen molar-refractivity contribution in [2.24, 2.45) is 0 Å². The van der Waals surface area contributed by atoms with Crippen LogP contribution in [0.2, 0.25) is 10.0 Å². The summed E-state index contributed by atoms with van der Waals surface area (Å²) in [5, 5.41) is 3.55. The topological polar surface area (TPSA) is 36.8 Å². The van der Waals surface area contributed by atoms with Gasteiger partial charge in [-0.1, -0.05) is 29.3 Å². The molecule has 3 rings (SSSR count). The SMILES string of the molecule is O=C(Nc1ccc(F)cc1F)N1CC[NH+](Cc2ccc(Cl)c(Cl)c2)CC1. The van der Waals surface area contributed by atoms with Gasteiger partial charge in [-0.05, 0) is 24.3 Å². The molecule has 2 N–H and O–H groups in total. The highest BCUT2D eigenvalue weighted by Gasteiger charge is 2.24. The normalized spacial score (nSPS) is 15.2. The van der Waals surface area contributed by atoms with Crippen LogP contribution in [0.15, 0.2) is 36.4 Å². The summed E-state index contributed by atoms with van der Waals surface area (Å²) in [7, 11) is 0. The Morgan fingerprint density at radius 3 is 2.46 bits per heavy atom. The van der Waals surface area contributed by atoms with Gasteiger partial charge in [-0.3, -0.25) is 0 Å². The summed E-state index contributed by atoms with van der Waals surface area (Å²) in [6.45, 7) is 3.41. The van der Waals surface area contributed by atoms with E-state index in [9.17, 15) is 13.6 Å². The van der Waals surface area contributed by atoms with Gasteiger partial charge >= 0.3 is 6.03 Å². The summed E-state index contributed by atoms with van der Waals surface area (Å²) in [5.74, 6) is -1.47. The molecule has 0 spiro atoms. The standard InChI is InChI=1S/C18H17Cl2F2N3O/c19-14-3-1-12(9-15(14)20)11-24-5-7-25(8-6-24)18(26)23-17-4-2-13(21)10-16(17)22/h1-4,9-10H,5-8,11H2,(H,23,26)/p+1. The van der Waals surface area contributed by atoms with Crippen LogP contribution in [-0.2, 0) is 6.54 Å². The molecule has 4 nitrogen and oxygen atoms in total. The molecule has 0 aliphatic carbocycles. The van der Waals surface area contributed by atoms with Gasteiger partial charge in [-0.2, -0.15) is 0 Å². The molecule has 2 aromatic rings. The molecule has 2 amide bonds. The molecular formula is C18H18Cl2F2N3O+. The molecule has 0 aromatic heterocycles. The largest absolute Gasteiger partial charge is 0.328 e. The van der Waals surface area contributed by atoms with Crippen LogP contribution in [0.5, 0.6) is 0 Å². The van der Waals surface area contributed by atoms with Crippen LogP contribution < -0.4 is 10.2 Å². The zero-order valence-corrected chi connectivity index (χ0v) is 15.4. The first-order chi connectivity index (χ1) is 12.4. The van der Waals surface area contributed by atoms with Gasteiger partial charge in [-0.15, -0.1) is 0 Å². The Labute approximate surface area is 160 Å². The number of hydrogen-bond donors (Lipinski definition) is 2. The maximum absolute atomic E-state index is 13.6. The van der Waals surface area contributed by atoms with E-state index in [1.165, 1.54) is 11.0 Å². The minimum Gasteiger partial charge on any atom is -0.328 e. The molecule has 0 saturated carbocycles. The third-order valence-corrected chi connectivity index (χ3v) is 5.11. The molecule has 1 heterocycles. The molecule has 1 aliphatic rings. The molecule has 0 bridgehead atoms. The van der Waals surface area contributed by atoms with Crippen molar-refractivity contribution in [2.75, 3.05) is 31.5 Å². The first-order valence-corrected chi connectivity index (χ1v) is 8.96. The van der Waals surface area contributed by atoms with Gasteiger partial charge in [0.05, 0.1) is 41.9 Å². The number of urea groups is 1. The number of carbonyl (C=O) groups excluding carboxylic acids is 1. The predicted octanol–water partition coefficient (Wildman–Crippen LogP) is 3.20. The van der Waals surface area contributed by atoms with Crippen LogP contribution in [0.3, 0.4) is 0 Å². The number of halogens is 4. The van der Waals surface area contributed by atoms with Gasteiger partial charge in [0, 0.05) is 11.6 Å². The Bertz CT molecular complexity index is 811. The molecule has 1 saturated heterocycles. The van der Waals surface area contributed by atoms with Gasteiger partial charge < -0.3 is 15.1 Å². The van der Waals surface area contributed by atoms with E-state index in [1.807, 2.05) is 12.1 Å². The van der Waals surface area contributed by atoms with E-state index < -0.39 is 11.6 Å². The number of rotatable bonds is 3. The number of anilines is 1. The van der Waals surface area contributed by atoms with E-state index in [2.05, 4.69) is 5.32 Å². The first kappa shape index (κ1) is 18.9. The number of carbonyl (C=O) groups is 1. The Balaban J connectivity index is 1.52. The summed E-state index contributed by atoms with van der Waals surface area (Å²) in [5.41, 5.74) is 1.06. The summed E-state index contributed by atoms with van der Waals surface area (Å²) < 4.78 is 26.6. The Morgan fingerprint density at radius 1 is 1.08 bits per heavy atom. The lowest BCUT2D eigenvalue weighted by molar-refractivity contribution is -0.917. The van der Waals surface area contributed by atoms with Gasteiger partial charge in [0.1, 0.15) is 18.2 Å². The molecule has 138 valence electrons. The van der Waals surface area contributed by atoms with Crippen LogP contribution in [-0.4, -0.2) is 37.1 Å².